The molecule has 0 spiro atoms. The third-order valence-corrected chi connectivity index (χ3v) is 2.35. The van der Waals surface area contributed by atoms with Crippen molar-refractivity contribution < 1.29 is 18.8 Å². The Balaban J connectivity index is 2.74. The maximum absolute atomic E-state index is 13.8. The van der Waals surface area contributed by atoms with E-state index in [2.05, 4.69) is 4.98 Å². The molecule has 1 heterocycles. The van der Waals surface area contributed by atoms with Gasteiger partial charge in [-0.05, 0) is 6.07 Å². The molecule has 2 rings (SSSR count). The normalized spacial score (nSPS) is 10.6. The van der Waals surface area contributed by atoms with Crippen LogP contribution in [0.3, 0.4) is 0 Å². The molecule has 0 bridgehead atoms. The van der Waals surface area contributed by atoms with E-state index in [-0.39, 0.29) is 5.82 Å². The Labute approximate surface area is 99.3 Å². The van der Waals surface area contributed by atoms with Crippen LogP contribution in [0.25, 0.3) is 11.4 Å². The Morgan fingerprint density at radius 2 is 2.11 bits per heavy atom. The van der Waals surface area contributed by atoms with Crippen molar-refractivity contribution in [1.82, 2.24) is 9.55 Å². The summed E-state index contributed by atoms with van der Waals surface area (Å²) in [5.74, 6) is -2.98. The molecule has 0 aliphatic heterocycles. The van der Waals surface area contributed by atoms with E-state index in [9.17, 15) is 18.9 Å². The van der Waals surface area contributed by atoms with Gasteiger partial charge in [-0.3, -0.25) is 10.1 Å². The Bertz CT molecular complexity index is 640. The van der Waals surface area contributed by atoms with E-state index in [1.807, 2.05) is 0 Å². The highest BCUT2D eigenvalue weighted by atomic mass is 19.1. The summed E-state index contributed by atoms with van der Waals surface area (Å²) in [5, 5.41) is 19.7. The summed E-state index contributed by atoms with van der Waals surface area (Å²) in [6, 6.07) is 1.51. The van der Waals surface area contributed by atoms with E-state index >= 15 is 0 Å². The first-order valence-electron chi connectivity index (χ1n) is 4.77. The molecule has 0 aliphatic carbocycles. The highest BCUT2D eigenvalue weighted by Crippen LogP contribution is 2.31. The molecule has 8 heteroatoms. The number of halogens is 2. The number of benzene rings is 1. The summed E-state index contributed by atoms with van der Waals surface area (Å²) in [4.78, 5) is 13.1. The van der Waals surface area contributed by atoms with Crippen LogP contribution in [0.5, 0.6) is 5.88 Å². The summed E-state index contributed by atoms with van der Waals surface area (Å²) in [5.41, 5.74) is -1.50. The Morgan fingerprint density at radius 1 is 1.44 bits per heavy atom. The largest absolute Gasteiger partial charge is 0.492 e. The maximum Gasteiger partial charge on any atom is 0.305 e. The average molecular weight is 255 g/mol. The number of nitrogens with zero attached hydrogens (tertiary/aromatic N) is 3. The van der Waals surface area contributed by atoms with Crippen molar-refractivity contribution >= 4 is 5.69 Å². The second-order valence-corrected chi connectivity index (χ2v) is 3.55. The number of nitro benzene ring substituents is 1. The van der Waals surface area contributed by atoms with Crippen molar-refractivity contribution in [2.24, 2.45) is 7.05 Å². The highest BCUT2D eigenvalue weighted by Gasteiger charge is 2.25. The predicted octanol–water partition coefficient (Wildman–Crippen LogP) is 1.98. The fourth-order valence-corrected chi connectivity index (χ4v) is 1.57. The maximum atomic E-state index is 13.8. The molecule has 1 aromatic heterocycles. The number of imidazole rings is 1. The zero-order chi connectivity index (χ0) is 13.4. The molecule has 94 valence electrons. The number of nitro groups is 1. The zero-order valence-corrected chi connectivity index (χ0v) is 9.09. The van der Waals surface area contributed by atoms with Crippen molar-refractivity contribution in [2.45, 2.75) is 0 Å². The van der Waals surface area contributed by atoms with E-state index in [1.54, 1.807) is 0 Å². The summed E-state index contributed by atoms with van der Waals surface area (Å²) in [6.45, 7) is 0. The van der Waals surface area contributed by atoms with Crippen LogP contribution in [0.15, 0.2) is 18.3 Å². The van der Waals surface area contributed by atoms with Gasteiger partial charge in [0.15, 0.2) is 0 Å². The van der Waals surface area contributed by atoms with E-state index < -0.39 is 33.7 Å². The Kier molecular flexibility index (Phi) is 2.70. The first-order valence-corrected chi connectivity index (χ1v) is 4.77. The number of aromatic nitrogens is 2. The lowest BCUT2D eigenvalue weighted by molar-refractivity contribution is -0.387. The summed E-state index contributed by atoms with van der Waals surface area (Å²) in [6.07, 6.45) is 1.13. The lowest BCUT2D eigenvalue weighted by Gasteiger charge is -2.04. The summed E-state index contributed by atoms with van der Waals surface area (Å²) in [7, 11) is 1.40. The molecule has 0 amide bonds. The third kappa shape index (κ3) is 1.77. The van der Waals surface area contributed by atoms with Crippen LogP contribution in [0.1, 0.15) is 0 Å². The summed E-state index contributed by atoms with van der Waals surface area (Å²) < 4.78 is 28.6. The van der Waals surface area contributed by atoms with Gasteiger partial charge in [0.1, 0.15) is 11.6 Å². The lowest BCUT2D eigenvalue weighted by atomic mass is 10.1. The number of hydrogen-bond acceptors (Lipinski definition) is 4. The first-order chi connectivity index (χ1) is 8.41. The van der Waals surface area contributed by atoms with Crippen molar-refractivity contribution in [1.29, 1.82) is 0 Å². The van der Waals surface area contributed by atoms with Gasteiger partial charge in [-0.1, -0.05) is 0 Å². The molecule has 1 N–H and O–H groups in total. The van der Waals surface area contributed by atoms with Crippen molar-refractivity contribution in [3.63, 3.8) is 0 Å². The third-order valence-electron chi connectivity index (χ3n) is 2.35. The standard InChI is InChI=1S/C10H7F2N3O3/c1-14-4-7(16)13-10(14)8-5(11)2-3-6(9(8)12)15(17)18/h2-4,16H,1H3. The van der Waals surface area contributed by atoms with Crippen molar-refractivity contribution in [2.75, 3.05) is 0 Å². The molecule has 0 saturated carbocycles. The minimum absolute atomic E-state index is 0.230. The van der Waals surface area contributed by atoms with Gasteiger partial charge in [-0.2, -0.15) is 9.37 Å². The minimum Gasteiger partial charge on any atom is -0.492 e. The summed E-state index contributed by atoms with van der Waals surface area (Å²) >= 11 is 0. The SMILES string of the molecule is Cn1cc(O)nc1-c1c(F)ccc([N+](=O)[O-])c1F. The van der Waals surface area contributed by atoms with Crippen LogP contribution in [0, 0.1) is 21.7 Å². The monoisotopic (exact) mass is 255 g/mol. The van der Waals surface area contributed by atoms with Gasteiger partial charge < -0.3 is 9.67 Å². The fourth-order valence-electron chi connectivity index (χ4n) is 1.57. The van der Waals surface area contributed by atoms with Crippen LogP contribution >= 0.6 is 0 Å². The van der Waals surface area contributed by atoms with Gasteiger partial charge in [-0.25, -0.2) is 4.39 Å². The van der Waals surface area contributed by atoms with Crippen molar-refractivity contribution in [3.05, 3.63) is 40.1 Å². The second kappa shape index (κ2) is 4.06. The smallest absolute Gasteiger partial charge is 0.305 e. The van der Waals surface area contributed by atoms with Crippen LogP contribution < -0.4 is 0 Å². The number of aromatic hydroxyl groups is 1. The minimum atomic E-state index is -1.33. The topological polar surface area (TPSA) is 81.2 Å². The van der Waals surface area contributed by atoms with E-state index in [0.717, 1.165) is 18.3 Å². The van der Waals surface area contributed by atoms with Gasteiger partial charge in [0.25, 0.3) is 0 Å². The first kappa shape index (κ1) is 12.0. The molecule has 0 radical (unpaired) electrons. The number of aryl methyl sites for hydroxylation is 1. The Morgan fingerprint density at radius 3 is 2.61 bits per heavy atom. The molecule has 0 aliphatic rings. The molecular formula is C10H7F2N3O3. The van der Waals surface area contributed by atoms with E-state index in [1.165, 1.54) is 11.6 Å². The molecule has 0 unspecified atom stereocenters. The lowest BCUT2D eigenvalue weighted by Crippen LogP contribution is -2.01. The Hall–Kier alpha value is -2.51. The van der Waals surface area contributed by atoms with E-state index in [4.69, 9.17) is 5.11 Å². The highest BCUT2D eigenvalue weighted by molar-refractivity contribution is 5.62. The predicted molar refractivity (Wildman–Crippen MR) is 56.9 cm³/mol. The van der Waals surface area contributed by atoms with Gasteiger partial charge >= 0.3 is 5.69 Å². The molecule has 1 aromatic carbocycles. The van der Waals surface area contributed by atoms with Crippen LogP contribution in [-0.4, -0.2) is 19.6 Å². The number of rotatable bonds is 2. The molecule has 0 fully saturated rings. The van der Waals surface area contributed by atoms with E-state index in [0.29, 0.717) is 0 Å². The van der Waals surface area contributed by atoms with Gasteiger partial charge in [0.2, 0.25) is 11.7 Å². The van der Waals surface area contributed by atoms with Gasteiger partial charge in [0, 0.05) is 13.1 Å². The molecule has 0 atom stereocenters. The molecular weight excluding hydrogens is 248 g/mol. The quantitative estimate of drug-likeness (QED) is 0.657. The van der Waals surface area contributed by atoms with Crippen molar-refractivity contribution in [3.8, 4) is 17.3 Å². The van der Waals surface area contributed by atoms with Gasteiger partial charge in [-0.15, -0.1) is 0 Å². The molecule has 0 saturated heterocycles. The molecule has 2 aromatic rings. The average Bonchev–Trinajstić information content (AvgIpc) is 2.57. The van der Waals surface area contributed by atoms with Crippen LogP contribution in [-0.2, 0) is 7.05 Å². The molecule has 6 nitrogen and oxygen atoms in total. The van der Waals surface area contributed by atoms with Crippen LogP contribution in [0.4, 0.5) is 14.5 Å². The molecule has 18 heavy (non-hydrogen) atoms. The van der Waals surface area contributed by atoms with Crippen LogP contribution in [0.2, 0.25) is 0 Å². The fraction of sp³-hybridized carbons (Fsp3) is 0.100. The second-order valence-electron chi connectivity index (χ2n) is 3.55. The number of hydrogen-bond donors (Lipinski definition) is 1. The zero-order valence-electron chi connectivity index (χ0n) is 9.09. The van der Waals surface area contributed by atoms with Gasteiger partial charge in [0.05, 0.1) is 16.7 Å².